The van der Waals surface area contributed by atoms with Crippen LogP contribution in [0.1, 0.15) is 20.8 Å². The summed E-state index contributed by atoms with van der Waals surface area (Å²) >= 11 is 0. The maximum Gasteiger partial charge on any atom is 0.330 e. The topological polar surface area (TPSA) is 52.6 Å². The third-order valence-corrected chi connectivity index (χ3v) is 1.15. The number of hydrogen-bond acceptors (Lipinski definition) is 4. The fourth-order valence-corrected chi connectivity index (χ4v) is 0.642. The first kappa shape index (κ1) is 11.7. The molecule has 74 valence electrons. The quantitative estimate of drug-likeness (QED) is 0.486. The summed E-state index contributed by atoms with van der Waals surface area (Å²) in [5.74, 6) is -0.774. The third-order valence-electron chi connectivity index (χ3n) is 1.15. The highest BCUT2D eigenvalue weighted by atomic mass is 16.5. The molecule has 0 aromatic carbocycles. The minimum Gasteiger partial charge on any atom is -0.463 e. The molecule has 0 amide bonds. The molecule has 4 nitrogen and oxygen atoms in total. The fourth-order valence-electron chi connectivity index (χ4n) is 0.642. The van der Waals surface area contributed by atoms with Gasteiger partial charge in [-0.05, 0) is 19.4 Å². The van der Waals surface area contributed by atoms with Crippen molar-refractivity contribution in [3.8, 4) is 0 Å². The Morgan fingerprint density at radius 2 is 1.85 bits per heavy atom. The van der Waals surface area contributed by atoms with Gasteiger partial charge < -0.3 is 9.47 Å². The van der Waals surface area contributed by atoms with Crippen molar-refractivity contribution in [2.75, 3.05) is 13.2 Å². The van der Waals surface area contributed by atoms with Gasteiger partial charge in [0.15, 0.2) is 0 Å². The molecule has 0 unspecified atom stereocenters. The molecule has 0 aromatic heterocycles. The summed E-state index contributed by atoms with van der Waals surface area (Å²) < 4.78 is 9.33. The standard InChI is InChI=1S/C9H14O4/c1-4-12-9(11)5-7(2)6-13-8(3)10/h5H,4,6H2,1-3H3/b7-5+. The summed E-state index contributed by atoms with van der Waals surface area (Å²) in [4.78, 5) is 21.3. The van der Waals surface area contributed by atoms with Gasteiger partial charge in [-0.15, -0.1) is 0 Å². The van der Waals surface area contributed by atoms with Crippen LogP contribution >= 0.6 is 0 Å². The molecule has 0 saturated heterocycles. The summed E-state index contributed by atoms with van der Waals surface area (Å²) in [5, 5.41) is 0. The summed E-state index contributed by atoms with van der Waals surface area (Å²) in [5.41, 5.74) is 0.661. The van der Waals surface area contributed by atoms with E-state index in [1.807, 2.05) is 0 Å². The van der Waals surface area contributed by atoms with Crippen molar-refractivity contribution in [1.82, 2.24) is 0 Å². The van der Waals surface area contributed by atoms with Crippen LogP contribution in [-0.4, -0.2) is 25.2 Å². The summed E-state index contributed by atoms with van der Waals surface area (Å²) in [6.45, 7) is 5.22. The first-order chi connectivity index (χ1) is 6.06. The van der Waals surface area contributed by atoms with Gasteiger partial charge in [0.2, 0.25) is 0 Å². The number of rotatable bonds is 4. The number of carbonyl (C=O) groups is 2. The second-order valence-electron chi connectivity index (χ2n) is 2.52. The minimum atomic E-state index is -0.410. The van der Waals surface area contributed by atoms with Crippen LogP contribution in [0.5, 0.6) is 0 Å². The smallest absolute Gasteiger partial charge is 0.330 e. The van der Waals surface area contributed by atoms with Gasteiger partial charge in [0.05, 0.1) is 6.61 Å². The van der Waals surface area contributed by atoms with Gasteiger partial charge in [-0.25, -0.2) is 4.79 Å². The second kappa shape index (κ2) is 6.22. The van der Waals surface area contributed by atoms with Crippen molar-refractivity contribution >= 4 is 11.9 Å². The van der Waals surface area contributed by atoms with E-state index in [-0.39, 0.29) is 12.6 Å². The van der Waals surface area contributed by atoms with Crippen molar-refractivity contribution in [1.29, 1.82) is 0 Å². The molecular formula is C9H14O4. The Bertz CT molecular complexity index is 218. The first-order valence-electron chi connectivity index (χ1n) is 4.03. The number of carbonyl (C=O) groups excluding carboxylic acids is 2. The molecule has 0 bridgehead atoms. The van der Waals surface area contributed by atoms with Crippen molar-refractivity contribution in [2.24, 2.45) is 0 Å². The normalized spacial score (nSPS) is 10.8. The Hall–Kier alpha value is -1.32. The molecule has 0 aliphatic heterocycles. The summed E-state index contributed by atoms with van der Waals surface area (Å²) in [6, 6.07) is 0. The zero-order chi connectivity index (χ0) is 10.3. The van der Waals surface area contributed by atoms with E-state index >= 15 is 0 Å². The maximum absolute atomic E-state index is 10.9. The lowest BCUT2D eigenvalue weighted by atomic mass is 10.3. The van der Waals surface area contributed by atoms with Crippen LogP contribution in [0.25, 0.3) is 0 Å². The summed E-state index contributed by atoms with van der Waals surface area (Å²) in [6.07, 6.45) is 1.31. The van der Waals surface area contributed by atoms with Crippen LogP contribution in [0.4, 0.5) is 0 Å². The van der Waals surface area contributed by atoms with Crippen molar-refractivity contribution in [2.45, 2.75) is 20.8 Å². The van der Waals surface area contributed by atoms with E-state index in [0.29, 0.717) is 12.2 Å². The minimum absolute atomic E-state index is 0.133. The van der Waals surface area contributed by atoms with Crippen LogP contribution in [0.2, 0.25) is 0 Å². The van der Waals surface area contributed by atoms with Gasteiger partial charge in [0.25, 0.3) is 0 Å². The van der Waals surface area contributed by atoms with Gasteiger partial charge in [0, 0.05) is 13.0 Å². The molecule has 4 heteroatoms. The fraction of sp³-hybridized carbons (Fsp3) is 0.556. The van der Waals surface area contributed by atoms with Crippen LogP contribution in [0, 0.1) is 0 Å². The molecular weight excluding hydrogens is 172 g/mol. The highest BCUT2D eigenvalue weighted by molar-refractivity contribution is 5.82. The average molecular weight is 186 g/mol. The zero-order valence-corrected chi connectivity index (χ0v) is 8.12. The highest BCUT2D eigenvalue weighted by Crippen LogP contribution is 1.95. The van der Waals surface area contributed by atoms with E-state index in [1.165, 1.54) is 13.0 Å². The summed E-state index contributed by atoms with van der Waals surface area (Å²) in [7, 11) is 0. The van der Waals surface area contributed by atoms with E-state index in [1.54, 1.807) is 13.8 Å². The van der Waals surface area contributed by atoms with E-state index < -0.39 is 5.97 Å². The Kier molecular flexibility index (Phi) is 5.59. The monoisotopic (exact) mass is 186 g/mol. The third kappa shape index (κ3) is 7.05. The number of hydrogen-bond donors (Lipinski definition) is 0. The Balaban J connectivity index is 3.87. The van der Waals surface area contributed by atoms with Crippen molar-refractivity contribution in [3.63, 3.8) is 0 Å². The van der Waals surface area contributed by atoms with Gasteiger partial charge in [-0.1, -0.05) is 0 Å². The van der Waals surface area contributed by atoms with Crippen LogP contribution < -0.4 is 0 Å². The molecule has 0 fully saturated rings. The van der Waals surface area contributed by atoms with Crippen molar-refractivity contribution < 1.29 is 19.1 Å². The van der Waals surface area contributed by atoms with Crippen LogP contribution in [0.3, 0.4) is 0 Å². The lowest BCUT2D eigenvalue weighted by Crippen LogP contribution is -2.05. The maximum atomic E-state index is 10.9. The zero-order valence-electron chi connectivity index (χ0n) is 8.12. The van der Waals surface area contributed by atoms with E-state index in [2.05, 4.69) is 9.47 Å². The molecule has 13 heavy (non-hydrogen) atoms. The van der Waals surface area contributed by atoms with Crippen LogP contribution in [0.15, 0.2) is 11.6 Å². The molecule has 0 aromatic rings. The van der Waals surface area contributed by atoms with Gasteiger partial charge >= 0.3 is 11.9 Å². The molecule has 0 atom stereocenters. The lowest BCUT2D eigenvalue weighted by molar-refractivity contribution is -0.140. The molecule has 0 radical (unpaired) electrons. The van der Waals surface area contributed by atoms with Gasteiger partial charge in [-0.3, -0.25) is 4.79 Å². The number of ether oxygens (including phenoxy) is 2. The molecule has 0 rings (SSSR count). The molecule has 0 aliphatic rings. The van der Waals surface area contributed by atoms with E-state index in [4.69, 9.17) is 0 Å². The van der Waals surface area contributed by atoms with Gasteiger partial charge in [-0.2, -0.15) is 0 Å². The first-order valence-corrected chi connectivity index (χ1v) is 4.03. The van der Waals surface area contributed by atoms with Crippen molar-refractivity contribution in [3.05, 3.63) is 11.6 Å². The SMILES string of the molecule is CCOC(=O)/C=C(\C)COC(C)=O. The molecule has 0 aliphatic carbocycles. The van der Waals surface area contributed by atoms with E-state index in [9.17, 15) is 9.59 Å². The average Bonchev–Trinajstić information content (AvgIpc) is 2.01. The van der Waals surface area contributed by atoms with Crippen LogP contribution in [-0.2, 0) is 19.1 Å². The second-order valence-corrected chi connectivity index (χ2v) is 2.52. The lowest BCUT2D eigenvalue weighted by Gasteiger charge is -2.01. The predicted molar refractivity (Wildman–Crippen MR) is 47.0 cm³/mol. The Labute approximate surface area is 77.5 Å². The van der Waals surface area contributed by atoms with E-state index in [0.717, 1.165) is 0 Å². The Morgan fingerprint density at radius 1 is 1.23 bits per heavy atom. The molecule has 0 heterocycles. The number of esters is 2. The molecule has 0 N–H and O–H groups in total. The molecule has 0 spiro atoms. The predicted octanol–water partition coefficient (Wildman–Crippen LogP) is 1.06. The van der Waals surface area contributed by atoms with Gasteiger partial charge in [0.1, 0.15) is 6.61 Å². The Morgan fingerprint density at radius 3 is 2.31 bits per heavy atom. The largest absolute Gasteiger partial charge is 0.463 e. The molecule has 0 saturated carbocycles. The highest BCUT2D eigenvalue weighted by Gasteiger charge is 1.99.